The molecule has 2 aromatic carbocycles. The van der Waals surface area contributed by atoms with Crippen LogP contribution in [-0.2, 0) is 6.54 Å². The molecular weight excluding hydrogens is 331 g/mol. The molecule has 0 saturated carbocycles. The van der Waals surface area contributed by atoms with E-state index in [1.807, 2.05) is 44.2 Å². The van der Waals surface area contributed by atoms with Gasteiger partial charge in [-0.2, -0.15) is 4.98 Å². The van der Waals surface area contributed by atoms with Crippen molar-refractivity contribution in [2.75, 3.05) is 17.2 Å². The highest BCUT2D eigenvalue weighted by atomic mass is 19.1. The van der Waals surface area contributed by atoms with E-state index in [1.54, 1.807) is 12.1 Å². The van der Waals surface area contributed by atoms with Crippen molar-refractivity contribution in [1.82, 2.24) is 9.97 Å². The molecule has 0 spiro atoms. The number of nitrogens with one attached hydrogen (secondary N) is 2. The third kappa shape index (κ3) is 4.69. The van der Waals surface area contributed by atoms with Crippen molar-refractivity contribution < 1.29 is 9.13 Å². The Hall–Kier alpha value is -3.15. The molecule has 3 rings (SSSR count). The van der Waals surface area contributed by atoms with E-state index >= 15 is 0 Å². The summed E-state index contributed by atoms with van der Waals surface area (Å²) in [5, 5.41) is 6.45. The molecule has 0 fully saturated rings. The van der Waals surface area contributed by atoms with Crippen molar-refractivity contribution in [2.24, 2.45) is 0 Å². The minimum absolute atomic E-state index is 0.244. The van der Waals surface area contributed by atoms with Crippen LogP contribution in [-0.4, -0.2) is 16.6 Å². The second kappa shape index (κ2) is 8.29. The van der Waals surface area contributed by atoms with Gasteiger partial charge >= 0.3 is 0 Å². The van der Waals surface area contributed by atoms with Crippen LogP contribution >= 0.6 is 0 Å². The molecule has 0 saturated heterocycles. The van der Waals surface area contributed by atoms with Crippen molar-refractivity contribution in [3.05, 3.63) is 71.7 Å². The van der Waals surface area contributed by atoms with Gasteiger partial charge in [-0.15, -0.1) is 0 Å². The maximum Gasteiger partial charge on any atom is 0.229 e. The SMILES string of the molecule is CCOc1ccccc1Nc1nc(C)cc(NCc2ccc(F)cc2)n1. The Kier molecular flexibility index (Phi) is 5.63. The molecule has 1 heterocycles. The van der Waals surface area contributed by atoms with Crippen molar-refractivity contribution in [2.45, 2.75) is 20.4 Å². The predicted molar refractivity (Wildman–Crippen MR) is 101 cm³/mol. The molecule has 3 aromatic rings. The molecule has 6 heteroatoms. The summed E-state index contributed by atoms with van der Waals surface area (Å²) in [5.41, 5.74) is 2.61. The first-order chi connectivity index (χ1) is 12.6. The Morgan fingerprint density at radius 3 is 2.58 bits per heavy atom. The Bertz CT molecular complexity index is 868. The molecule has 0 aliphatic heterocycles. The first-order valence-corrected chi connectivity index (χ1v) is 8.47. The summed E-state index contributed by atoms with van der Waals surface area (Å²) in [7, 11) is 0. The molecule has 134 valence electrons. The van der Waals surface area contributed by atoms with E-state index in [1.165, 1.54) is 12.1 Å². The Morgan fingerprint density at radius 1 is 1.04 bits per heavy atom. The van der Waals surface area contributed by atoms with Crippen LogP contribution in [0.3, 0.4) is 0 Å². The van der Waals surface area contributed by atoms with Crippen LogP contribution in [0.1, 0.15) is 18.2 Å². The summed E-state index contributed by atoms with van der Waals surface area (Å²) in [6.07, 6.45) is 0. The number of hydrogen-bond donors (Lipinski definition) is 2. The van der Waals surface area contributed by atoms with E-state index in [-0.39, 0.29) is 5.82 Å². The normalized spacial score (nSPS) is 10.4. The van der Waals surface area contributed by atoms with Gasteiger partial charge in [0, 0.05) is 18.3 Å². The van der Waals surface area contributed by atoms with Gasteiger partial charge in [0.05, 0.1) is 12.3 Å². The number of para-hydroxylation sites is 2. The second-order valence-electron chi connectivity index (χ2n) is 5.75. The quantitative estimate of drug-likeness (QED) is 0.647. The highest BCUT2D eigenvalue weighted by Gasteiger charge is 2.07. The molecule has 0 radical (unpaired) electrons. The van der Waals surface area contributed by atoms with E-state index in [2.05, 4.69) is 20.6 Å². The van der Waals surface area contributed by atoms with Gasteiger partial charge in [-0.3, -0.25) is 0 Å². The van der Waals surface area contributed by atoms with Gasteiger partial charge in [-0.25, -0.2) is 9.37 Å². The monoisotopic (exact) mass is 352 g/mol. The van der Waals surface area contributed by atoms with Gasteiger partial charge in [0.2, 0.25) is 5.95 Å². The van der Waals surface area contributed by atoms with Gasteiger partial charge < -0.3 is 15.4 Å². The smallest absolute Gasteiger partial charge is 0.229 e. The number of hydrogen-bond acceptors (Lipinski definition) is 5. The van der Waals surface area contributed by atoms with Gasteiger partial charge in [0.15, 0.2) is 0 Å². The van der Waals surface area contributed by atoms with Crippen molar-refractivity contribution >= 4 is 17.5 Å². The van der Waals surface area contributed by atoms with E-state index in [0.717, 1.165) is 22.7 Å². The topological polar surface area (TPSA) is 59.1 Å². The lowest BCUT2D eigenvalue weighted by Crippen LogP contribution is -2.06. The number of ether oxygens (including phenoxy) is 1. The number of nitrogens with zero attached hydrogens (tertiary/aromatic N) is 2. The van der Waals surface area contributed by atoms with Crippen LogP contribution in [0, 0.1) is 12.7 Å². The lowest BCUT2D eigenvalue weighted by Gasteiger charge is -2.13. The molecule has 1 aromatic heterocycles. The molecule has 2 N–H and O–H groups in total. The Labute approximate surface area is 152 Å². The summed E-state index contributed by atoms with van der Waals surface area (Å²) in [5.74, 6) is 1.68. The fraction of sp³-hybridized carbons (Fsp3) is 0.200. The predicted octanol–water partition coefficient (Wildman–Crippen LogP) is 4.68. The van der Waals surface area contributed by atoms with Crippen LogP contribution in [0.15, 0.2) is 54.6 Å². The fourth-order valence-electron chi connectivity index (χ4n) is 2.48. The molecule has 0 aliphatic rings. The largest absolute Gasteiger partial charge is 0.492 e. The number of anilines is 3. The summed E-state index contributed by atoms with van der Waals surface area (Å²) >= 11 is 0. The van der Waals surface area contributed by atoms with Crippen molar-refractivity contribution in [3.63, 3.8) is 0 Å². The van der Waals surface area contributed by atoms with E-state index in [4.69, 9.17) is 4.74 Å². The van der Waals surface area contributed by atoms with Gasteiger partial charge in [-0.1, -0.05) is 24.3 Å². The summed E-state index contributed by atoms with van der Waals surface area (Å²) in [6.45, 7) is 4.98. The number of aryl methyl sites for hydroxylation is 1. The third-order valence-corrected chi connectivity index (χ3v) is 3.67. The molecule has 26 heavy (non-hydrogen) atoms. The van der Waals surface area contributed by atoms with Gasteiger partial charge in [0.25, 0.3) is 0 Å². The van der Waals surface area contributed by atoms with Crippen molar-refractivity contribution in [1.29, 1.82) is 0 Å². The molecular formula is C20H21FN4O. The number of benzene rings is 2. The Morgan fingerprint density at radius 2 is 1.81 bits per heavy atom. The van der Waals surface area contributed by atoms with Crippen LogP contribution in [0.5, 0.6) is 5.75 Å². The molecule has 0 aliphatic carbocycles. The second-order valence-corrected chi connectivity index (χ2v) is 5.75. The van der Waals surface area contributed by atoms with E-state index in [9.17, 15) is 4.39 Å². The maximum absolute atomic E-state index is 13.0. The van der Waals surface area contributed by atoms with Gasteiger partial charge in [-0.05, 0) is 43.7 Å². The first-order valence-electron chi connectivity index (χ1n) is 8.47. The summed E-state index contributed by atoms with van der Waals surface area (Å²) in [4.78, 5) is 8.93. The third-order valence-electron chi connectivity index (χ3n) is 3.67. The first kappa shape index (κ1) is 17.7. The molecule has 0 unspecified atom stereocenters. The summed E-state index contributed by atoms with van der Waals surface area (Å²) < 4.78 is 18.6. The molecule has 5 nitrogen and oxygen atoms in total. The van der Waals surface area contributed by atoms with E-state index < -0.39 is 0 Å². The fourth-order valence-corrected chi connectivity index (χ4v) is 2.48. The lowest BCUT2D eigenvalue weighted by atomic mass is 10.2. The molecule has 0 bridgehead atoms. The highest BCUT2D eigenvalue weighted by Crippen LogP contribution is 2.26. The number of rotatable bonds is 7. The minimum atomic E-state index is -0.244. The zero-order valence-electron chi connectivity index (χ0n) is 14.8. The van der Waals surface area contributed by atoms with Crippen LogP contribution in [0.4, 0.5) is 21.8 Å². The van der Waals surface area contributed by atoms with Crippen LogP contribution in [0.2, 0.25) is 0 Å². The minimum Gasteiger partial charge on any atom is -0.492 e. The Balaban J connectivity index is 1.74. The average molecular weight is 352 g/mol. The number of aromatic nitrogens is 2. The standard InChI is InChI=1S/C20H21FN4O/c1-3-26-18-7-5-4-6-17(18)24-20-23-14(2)12-19(25-20)22-13-15-8-10-16(21)11-9-15/h4-12H,3,13H2,1-2H3,(H2,22,23,24,25). The zero-order chi connectivity index (χ0) is 18.4. The maximum atomic E-state index is 13.0. The molecule has 0 amide bonds. The van der Waals surface area contributed by atoms with E-state index in [0.29, 0.717) is 24.9 Å². The molecule has 0 atom stereocenters. The van der Waals surface area contributed by atoms with Crippen molar-refractivity contribution in [3.8, 4) is 5.75 Å². The number of halogens is 1. The zero-order valence-corrected chi connectivity index (χ0v) is 14.8. The summed E-state index contributed by atoms with van der Waals surface area (Å²) in [6, 6.07) is 15.9. The average Bonchev–Trinajstić information content (AvgIpc) is 2.63. The lowest BCUT2D eigenvalue weighted by molar-refractivity contribution is 0.342. The van der Waals surface area contributed by atoms with Gasteiger partial charge in [0.1, 0.15) is 17.4 Å². The van der Waals surface area contributed by atoms with Crippen LogP contribution < -0.4 is 15.4 Å². The highest BCUT2D eigenvalue weighted by molar-refractivity contribution is 5.63. The van der Waals surface area contributed by atoms with Crippen LogP contribution in [0.25, 0.3) is 0 Å².